The molecule has 0 aliphatic heterocycles. The summed E-state index contributed by atoms with van der Waals surface area (Å²) in [5.74, 6) is 0.818. The summed E-state index contributed by atoms with van der Waals surface area (Å²) in [5.41, 5.74) is 6.14. The second kappa shape index (κ2) is 7.15. The van der Waals surface area contributed by atoms with Crippen LogP contribution < -0.4 is 0 Å². The SMILES string of the molecule is BC(B)(c1ccc(-c2ccnc(-c3ccccc3)c2)cc1)C1CCCC1. The van der Waals surface area contributed by atoms with Gasteiger partial charge in [-0.2, -0.15) is 0 Å². The van der Waals surface area contributed by atoms with Crippen LogP contribution in [0.15, 0.2) is 72.9 Å². The lowest BCUT2D eigenvalue weighted by atomic mass is 9.45. The average molecular weight is 337 g/mol. The topological polar surface area (TPSA) is 12.9 Å². The largest absolute Gasteiger partial charge is 0.256 e. The Morgan fingerprint density at radius 3 is 2.15 bits per heavy atom. The second-order valence-corrected chi connectivity index (χ2v) is 8.08. The predicted octanol–water partition coefficient (Wildman–Crippen LogP) is 4.02. The Balaban J connectivity index is 1.61. The molecule has 0 atom stereocenters. The maximum absolute atomic E-state index is 4.54. The molecule has 0 radical (unpaired) electrons. The molecule has 0 amide bonds. The standard InChI is InChI=1S/C23H25B2N/c24-23(25,20-8-4-5-9-20)21-12-10-17(11-13-21)19-14-15-26-22(16-19)18-6-2-1-3-7-18/h1-3,6-7,10-16,20H,4-5,8-9,24-25H2. The zero-order valence-electron chi connectivity index (χ0n) is 15.8. The van der Waals surface area contributed by atoms with Gasteiger partial charge in [0.2, 0.25) is 0 Å². The first-order valence-corrected chi connectivity index (χ1v) is 9.77. The van der Waals surface area contributed by atoms with E-state index in [1.165, 1.54) is 42.4 Å². The molecule has 0 spiro atoms. The summed E-state index contributed by atoms with van der Waals surface area (Å²) in [4.78, 5) is 4.54. The number of aromatic nitrogens is 1. The maximum atomic E-state index is 4.54. The molecule has 128 valence electrons. The molecule has 26 heavy (non-hydrogen) atoms. The average Bonchev–Trinajstić information content (AvgIpc) is 3.25. The highest BCUT2D eigenvalue weighted by atomic mass is 14.7. The highest BCUT2D eigenvalue weighted by molar-refractivity contribution is 6.40. The molecule has 0 unspecified atom stereocenters. The molecule has 1 saturated carbocycles. The van der Waals surface area contributed by atoms with Gasteiger partial charge in [-0.1, -0.05) is 91.1 Å². The number of benzene rings is 2. The van der Waals surface area contributed by atoms with Crippen LogP contribution in [0.5, 0.6) is 0 Å². The van der Waals surface area contributed by atoms with Gasteiger partial charge >= 0.3 is 0 Å². The number of rotatable bonds is 4. The van der Waals surface area contributed by atoms with E-state index in [-0.39, 0.29) is 5.21 Å². The van der Waals surface area contributed by atoms with Gasteiger partial charge in [-0.3, -0.25) is 4.98 Å². The molecular formula is C23H25B2N. The first-order valence-electron chi connectivity index (χ1n) is 9.77. The van der Waals surface area contributed by atoms with Gasteiger partial charge in [0.15, 0.2) is 0 Å². The van der Waals surface area contributed by atoms with Crippen molar-refractivity contribution in [3.63, 3.8) is 0 Å². The molecular weight excluding hydrogens is 312 g/mol. The fourth-order valence-electron chi connectivity index (χ4n) is 4.35. The molecule has 4 rings (SSSR count). The molecule has 1 nitrogen and oxygen atoms in total. The minimum Gasteiger partial charge on any atom is -0.256 e. The van der Waals surface area contributed by atoms with Crippen molar-refractivity contribution in [2.24, 2.45) is 5.92 Å². The van der Waals surface area contributed by atoms with Crippen molar-refractivity contribution >= 4 is 15.7 Å². The summed E-state index contributed by atoms with van der Waals surface area (Å²) in [6.07, 6.45) is 7.45. The number of hydrogen-bond acceptors (Lipinski definition) is 1. The molecule has 1 aliphatic carbocycles. The third-order valence-electron chi connectivity index (χ3n) is 6.17. The normalized spacial score (nSPS) is 15.2. The molecule has 2 aromatic carbocycles. The van der Waals surface area contributed by atoms with E-state index in [1.54, 1.807) is 0 Å². The summed E-state index contributed by atoms with van der Waals surface area (Å²) in [5, 5.41) is 0.266. The van der Waals surface area contributed by atoms with Crippen LogP contribution in [0, 0.1) is 5.92 Å². The van der Waals surface area contributed by atoms with E-state index < -0.39 is 0 Å². The van der Waals surface area contributed by atoms with Gasteiger partial charge < -0.3 is 0 Å². The second-order valence-electron chi connectivity index (χ2n) is 8.08. The lowest BCUT2D eigenvalue weighted by Gasteiger charge is -2.32. The fourth-order valence-corrected chi connectivity index (χ4v) is 4.35. The van der Waals surface area contributed by atoms with E-state index >= 15 is 0 Å². The van der Waals surface area contributed by atoms with Crippen molar-refractivity contribution in [1.29, 1.82) is 0 Å². The minimum atomic E-state index is 0.266. The Labute approximate surface area is 158 Å². The van der Waals surface area contributed by atoms with E-state index in [1.807, 2.05) is 12.3 Å². The zero-order chi connectivity index (χ0) is 18.0. The molecule has 0 bridgehead atoms. The van der Waals surface area contributed by atoms with E-state index in [0.29, 0.717) is 0 Å². The summed E-state index contributed by atoms with van der Waals surface area (Å²) < 4.78 is 0. The molecule has 1 fully saturated rings. The third kappa shape index (κ3) is 3.35. The Morgan fingerprint density at radius 2 is 1.46 bits per heavy atom. The highest BCUT2D eigenvalue weighted by Gasteiger charge is 2.32. The molecule has 3 aromatic rings. The van der Waals surface area contributed by atoms with Crippen LogP contribution in [0.1, 0.15) is 31.2 Å². The van der Waals surface area contributed by atoms with Crippen LogP contribution in [-0.4, -0.2) is 20.7 Å². The van der Waals surface area contributed by atoms with Gasteiger partial charge in [0.1, 0.15) is 15.7 Å². The van der Waals surface area contributed by atoms with Gasteiger partial charge in [0.05, 0.1) is 5.69 Å². The number of hydrogen-bond donors (Lipinski definition) is 0. The van der Waals surface area contributed by atoms with Crippen molar-refractivity contribution in [2.75, 3.05) is 0 Å². The third-order valence-corrected chi connectivity index (χ3v) is 6.17. The van der Waals surface area contributed by atoms with Crippen LogP contribution in [0.25, 0.3) is 22.4 Å². The van der Waals surface area contributed by atoms with Crippen LogP contribution in [-0.2, 0) is 5.21 Å². The molecule has 0 saturated heterocycles. The van der Waals surface area contributed by atoms with Gasteiger partial charge in [0, 0.05) is 11.8 Å². The Kier molecular flexibility index (Phi) is 4.72. The lowest BCUT2D eigenvalue weighted by molar-refractivity contribution is 0.486. The molecule has 1 heterocycles. The van der Waals surface area contributed by atoms with Crippen molar-refractivity contribution in [3.05, 3.63) is 78.5 Å². The Hall–Kier alpha value is -2.28. The van der Waals surface area contributed by atoms with Crippen molar-refractivity contribution in [3.8, 4) is 22.4 Å². The zero-order valence-corrected chi connectivity index (χ0v) is 15.8. The maximum Gasteiger partial charge on any atom is 0.105 e. The summed E-state index contributed by atoms with van der Waals surface area (Å²) in [6, 6.07) is 23.9. The lowest BCUT2D eigenvalue weighted by Crippen LogP contribution is -2.34. The summed E-state index contributed by atoms with van der Waals surface area (Å²) >= 11 is 0. The first-order chi connectivity index (χ1) is 12.6. The van der Waals surface area contributed by atoms with Crippen LogP contribution in [0.3, 0.4) is 0 Å². The van der Waals surface area contributed by atoms with E-state index in [2.05, 4.69) is 81.3 Å². The molecule has 1 aromatic heterocycles. The van der Waals surface area contributed by atoms with Gasteiger partial charge in [-0.05, 0) is 29.2 Å². The molecule has 1 aliphatic rings. The van der Waals surface area contributed by atoms with Crippen LogP contribution in [0.4, 0.5) is 0 Å². The number of nitrogens with zero attached hydrogens (tertiary/aromatic N) is 1. The smallest absolute Gasteiger partial charge is 0.105 e. The van der Waals surface area contributed by atoms with Crippen molar-refractivity contribution in [2.45, 2.75) is 30.9 Å². The van der Waals surface area contributed by atoms with Crippen molar-refractivity contribution < 1.29 is 0 Å². The highest BCUT2D eigenvalue weighted by Crippen LogP contribution is 2.38. The van der Waals surface area contributed by atoms with E-state index in [9.17, 15) is 0 Å². The van der Waals surface area contributed by atoms with E-state index in [4.69, 9.17) is 0 Å². The van der Waals surface area contributed by atoms with Gasteiger partial charge in [0.25, 0.3) is 0 Å². The Morgan fingerprint density at radius 1 is 0.769 bits per heavy atom. The molecule has 3 heteroatoms. The minimum absolute atomic E-state index is 0.266. The fraction of sp³-hybridized carbons (Fsp3) is 0.261. The first kappa shape index (κ1) is 17.1. The van der Waals surface area contributed by atoms with Crippen molar-refractivity contribution in [1.82, 2.24) is 4.98 Å². The van der Waals surface area contributed by atoms with Crippen LogP contribution >= 0.6 is 0 Å². The quantitative estimate of drug-likeness (QED) is 0.655. The Bertz CT molecular complexity index is 866. The monoisotopic (exact) mass is 337 g/mol. The van der Waals surface area contributed by atoms with Gasteiger partial charge in [-0.25, -0.2) is 0 Å². The summed E-state index contributed by atoms with van der Waals surface area (Å²) in [6.45, 7) is 0. The van der Waals surface area contributed by atoms with Crippen LogP contribution in [0.2, 0.25) is 0 Å². The molecule has 0 N–H and O–H groups in total. The van der Waals surface area contributed by atoms with Gasteiger partial charge in [-0.15, -0.1) is 0 Å². The predicted molar refractivity (Wildman–Crippen MR) is 116 cm³/mol. The number of pyridine rings is 1. The summed E-state index contributed by atoms with van der Waals surface area (Å²) in [7, 11) is 4.83. The van der Waals surface area contributed by atoms with E-state index in [0.717, 1.165) is 17.2 Å².